The summed E-state index contributed by atoms with van der Waals surface area (Å²) in [5, 5.41) is 0. The molecule has 0 aliphatic heterocycles. The van der Waals surface area contributed by atoms with Crippen LogP contribution in [0.25, 0.3) is 11.5 Å². The predicted molar refractivity (Wildman–Crippen MR) is 110 cm³/mol. The molecule has 0 fully saturated rings. The lowest BCUT2D eigenvalue weighted by Crippen LogP contribution is -2.08. The van der Waals surface area contributed by atoms with Gasteiger partial charge in [-0.25, -0.2) is 4.98 Å². The number of oxazole rings is 1. The van der Waals surface area contributed by atoms with Crippen molar-refractivity contribution in [1.82, 2.24) is 4.98 Å². The maximum absolute atomic E-state index is 12.6. The topological polar surface area (TPSA) is 70.8 Å². The molecule has 0 aliphatic rings. The highest BCUT2D eigenvalue weighted by Crippen LogP contribution is 2.33. The lowest BCUT2D eigenvalue weighted by atomic mass is 10.0. The van der Waals surface area contributed by atoms with Crippen LogP contribution in [0.15, 0.2) is 53.1 Å². The average Bonchev–Trinajstić information content (AvgIpc) is 3.20. The Kier molecular flexibility index (Phi) is 7.23. The maximum Gasteiger partial charge on any atom is 0.387 e. The van der Waals surface area contributed by atoms with Gasteiger partial charge < -0.3 is 18.6 Å². The molecule has 0 aliphatic carbocycles. The molecular weight excluding hydrogens is 408 g/mol. The predicted octanol–water partition coefficient (Wildman–Crippen LogP) is 5.55. The minimum absolute atomic E-state index is 0.0350. The molecule has 0 bridgehead atoms. The van der Waals surface area contributed by atoms with Crippen molar-refractivity contribution in [2.75, 3.05) is 7.11 Å². The SMILES string of the molecule is COc1ccc(-c2nc(CCC(=O)c3ccccc3OC(F)F)co2)cc1OC(C)C. The van der Waals surface area contributed by atoms with Crippen molar-refractivity contribution in [2.24, 2.45) is 0 Å². The largest absolute Gasteiger partial charge is 0.493 e. The molecule has 1 aromatic heterocycles. The zero-order valence-electron chi connectivity index (χ0n) is 17.4. The summed E-state index contributed by atoms with van der Waals surface area (Å²) in [6, 6.07) is 11.3. The lowest BCUT2D eigenvalue weighted by molar-refractivity contribution is -0.0501. The number of aromatic nitrogens is 1. The Morgan fingerprint density at radius 3 is 2.55 bits per heavy atom. The fourth-order valence-corrected chi connectivity index (χ4v) is 2.98. The first kappa shape index (κ1) is 22.3. The molecule has 164 valence electrons. The van der Waals surface area contributed by atoms with Crippen LogP contribution in [-0.2, 0) is 6.42 Å². The number of nitrogens with zero attached hydrogens (tertiary/aromatic N) is 1. The van der Waals surface area contributed by atoms with Crippen LogP contribution in [0.5, 0.6) is 17.2 Å². The number of carbonyl (C=O) groups excluding carboxylic acids is 1. The standard InChI is InChI=1S/C23H23F2NO5/c1-14(2)30-21-12-15(8-11-20(21)28-3)22-26-16(13-29-22)9-10-18(27)17-6-4-5-7-19(17)31-23(24)25/h4-8,11-14,23H,9-10H2,1-3H3. The van der Waals surface area contributed by atoms with E-state index in [1.54, 1.807) is 31.4 Å². The zero-order chi connectivity index (χ0) is 22.4. The van der Waals surface area contributed by atoms with Gasteiger partial charge >= 0.3 is 6.61 Å². The molecule has 0 atom stereocenters. The second kappa shape index (κ2) is 10.1. The number of ketones is 1. The molecule has 31 heavy (non-hydrogen) atoms. The van der Waals surface area contributed by atoms with E-state index in [2.05, 4.69) is 9.72 Å². The van der Waals surface area contributed by atoms with Gasteiger partial charge in [-0.05, 0) is 44.2 Å². The molecule has 1 heterocycles. The summed E-state index contributed by atoms with van der Waals surface area (Å²) in [6.07, 6.45) is 1.79. The normalized spacial score (nSPS) is 11.1. The molecule has 2 aromatic carbocycles. The van der Waals surface area contributed by atoms with E-state index in [0.717, 1.165) is 0 Å². The molecule has 0 saturated carbocycles. The Morgan fingerprint density at radius 2 is 1.84 bits per heavy atom. The number of methoxy groups -OCH3 is 1. The summed E-state index contributed by atoms with van der Waals surface area (Å²) in [5.74, 6) is 1.08. The molecule has 3 rings (SSSR count). The van der Waals surface area contributed by atoms with E-state index in [0.29, 0.717) is 28.6 Å². The van der Waals surface area contributed by atoms with Crippen molar-refractivity contribution in [3.63, 3.8) is 0 Å². The van der Waals surface area contributed by atoms with E-state index >= 15 is 0 Å². The molecular formula is C23H23F2NO5. The Morgan fingerprint density at radius 1 is 1.06 bits per heavy atom. The second-order valence-corrected chi connectivity index (χ2v) is 6.97. The van der Waals surface area contributed by atoms with Crippen LogP contribution >= 0.6 is 0 Å². The van der Waals surface area contributed by atoms with Gasteiger partial charge in [0.25, 0.3) is 0 Å². The number of rotatable bonds is 10. The van der Waals surface area contributed by atoms with Crippen LogP contribution in [-0.4, -0.2) is 30.6 Å². The molecule has 0 radical (unpaired) electrons. The number of alkyl halides is 2. The molecule has 0 saturated heterocycles. The zero-order valence-corrected chi connectivity index (χ0v) is 17.4. The van der Waals surface area contributed by atoms with E-state index in [1.807, 2.05) is 13.8 Å². The van der Waals surface area contributed by atoms with E-state index in [-0.39, 0.29) is 36.0 Å². The van der Waals surface area contributed by atoms with Crippen molar-refractivity contribution in [2.45, 2.75) is 39.4 Å². The first-order chi connectivity index (χ1) is 14.9. The first-order valence-electron chi connectivity index (χ1n) is 9.74. The summed E-state index contributed by atoms with van der Waals surface area (Å²) in [4.78, 5) is 16.9. The minimum atomic E-state index is -3.00. The van der Waals surface area contributed by atoms with Gasteiger partial charge in [-0.15, -0.1) is 0 Å². The number of benzene rings is 2. The summed E-state index contributed by atoms with van der Waals surface area (Å²) in [7, 11) is 1.56. The highest BCUT2D eigenvalue weighted by Gasteiger charge is 2.17. The van der Waals surface area contributed by atoms with Crippen molar-refractivity contribution < 1.29 is 32.2 Å². The van der Waals surface area contributed by atoms with Gasteiger partial charge in [0.15, 0.2) is 17.3 Å². The van der Waals surface area contributed by atoms with E-state index < -0.39 is 6.61 Å². The second-order valence-electron chi connectivity index (χ2n) is 6.97. The van der Waals surface area contributed by atoms with Crippen molar-refractivity contribution >= 4 is 5.78 Å². The van der Waals surface area contributed by atoms with Crippen molar-refractivity contribution in [3.05, 3.63) is 60.0 Å². The Balaban J connectivity index is 1.70. The number of ether oxygens (including phenoxy) is 3. The van der Waals surface area contributed by atoms with Crippen LogP contribution in [0.2, 0.25) is 0 Å². The highest BCUT2D eigenvalue weighted by molar-refractivity contribution is 5.98. The number of hydrogen-bond donors (Lipinski definition) is 0. The minimum Gasteiger partial charge on any atom is -0.493 e. The van der Waals surface area contributed by atoms with Crippen LogP contribution in [0.4, 0.5) is 8.78 Å². The third-order valence-corrected chi connectivity index (χ3v) is 4.34. The molecule has 0 amide bonds. The quantitative estimate of drug-likeness (QED) is 0.392. The Bertz CT molecular complexity index is 1030. The monoisotopic (exact) mass is 431 g/mol. The Hall–Kier alpha value is -3.42. The fourth-order valence-electron chi connectivity index (χ4n) is 2.98. The van der Waals surface area contributed by atoms with Gasteiger partial charge in [-0.3, -0.25) is 4.79 Å². The summed E-state index contributed by atoms with van der Waals surface area (Å²) in [5.41, 5.74) is 1.37. The number of para-hydroxylation sites is 1. The summed E-state index contributed by atoms with van der Waals surface area (Å²) in [6.45, 7) is 0.828. The third-order valence-electron chi connectivity index (χ3n) is 4.34. The molecule has 0 spiro atoms. The number of aryl methyl sites for hydroxylation is 1. The van der Waals surface area contributed by atoms with Crippen LogP contribution in [0.1, 0.15) is 36.3 Å². The van der Waals surface area contributed by atoms with Crippen molar-refractivity contribution in [3.8, 4) is 28.7 Å². The van der Waals surface area contributed by atoms with Crippen LogP contribution < -0.4 is 14.2 Å². The third kappa shape index (κ3) is 5.81. The van der Waals surface area contributed by atoms with Crippen LogP contribution in [0.3, 0.4) is 0 Å². The highest BCUT2D eigenvalue weighted by atomic mass is 19.3. The number of carbonyl (C=O) groups is 1. The Labute approximate surface area is 178 Å². The number of Topliss-reactive ketones (excluding diaryl/α,β-unsaturated/α-hetero) is 1. The average molecular weight is 431 g/mol. The van der Waals surface area contributed by atoms with E-state index in [9.17, 15) is 13.6 Å². The molecule has 6 nitrogen and oxygen atoms in total. The van der Waals surface area contributed by atoms with E-state index in [4.69, 9.17) is 13.9 Å². The van der Waals surface area contributed by atoms with Gasteiger partial charge in [0, 0.05) is 18.4 Å². The number of hydrogen-bond acceptors (Lipinski definition) is 6. The van der Waals surface area contributed by atoms with Crippen molar-refractivity contribution in [1.29, 1.82) is 0 Å². The van der Waals surface area contributed by atoms with Gasteiger partial charge in [0.2, 0.25) is 5.89 Å². The summed E-state index contributed by atoms with van der Waals surface area (Å²) < 4.78 is 46.2. The maximum atomic E-state index is 12.6. The molecule has 8 heteroatoms. The molecule has 0 N–H and O–H groups in total. The molecule has 3 aromatic rings. The first-order valence-corrected chi connectivity index (χ1v) is 9.74. The van der Waals surface area contributed by atoms with Crippen LogP contribution in [0, 0.1) is 0 Å². The lowest BCUT2D eigenvalue weighted by Gasteiger charge is -2.13. The smallest absolute Gasteiger partial charge is 0.387 e. The van der Waals surface area contributed by atoms with Gasteiger partial charge in [0.05, 0.1) is 24.5 Å². The summed E-state index contributed by atoms with van der Waals surface area (Å²) >= 11 is 0. The van der Waals surface area contributed by atoms with E-state index in [1.165, 1.54) is 24.5 Å². The van der Waals surface area contributed by atoms with Gasteiger partial charge in [0.1, 0.15) is 12.0 Å². The number of halogens is 2. The molecule has 0 unspecified atom stereocenters. The van der Waals surface area contributed by atoms with Gasteiger partial charge in [-0.2, -0.15) is 8.78 Å². The fraction of sp³-hybridized carbons (Fsp3) is 0.304. The van der Waals surface area contributed by atoms with Gasteiger partial charge in [-0.1, -0.05) is 12.1 Å².